The van der Waals surface area contributed by atoms with Gasteiger partial charge in [0.1, 0.15) is 0 Å². The van der Waals surface area contributed by atoms with Crippen molar-refractivity contribution in [3.8, 4) is 0 Å². The van der Waals surface area contributed by atoms with Crippen LogP contribution >= 0.6 is 0 Å². The molecule has 0 unspecified atom stereocenters. The van der Waals surface area contributed by atoms with Crippen molar-refractivity contribution in [2.24, 2.45) is 0 Å². The zero-order valence-electron chi connectivity index (χ0n) is 8.57. The average Bonchev–Trinajstić information content (AvgIpc) is 2.08. The first kappa shape index (κ1) is 10.5. The van der Waals surface area contributed by atoms with E-state index in [1.165, 1.54) is 6.92 Å². The predicted molar refractivity (Wildman–Crippen MR) is 48.8 cm³/mol. The summed E-state index contributed by atoms with van der Waals surface area (Å²) in [6.45, 7) is 5.13. The van der Waals surface area contributed by atoms with E-state index >= 15 is 0 Å². The molecule has 1 N–H and O–H groups in total. The summed E-state index contributed by atoms with van der Waals surface area (Å²) in [4.78, 5) is 10.6. The molecule has 0 aromatic carbocycles. The van der Waals surface area contributed by atoms with Gasteiger partial charge in [-0.15, -0.1) is 0 Å². The molecule has 76 valence electrons. The van der Waals surface area contributed by atoms with Crippen molar-refractivity contribution in [2.45, 2.75) is 27.4 Å². The Bertz CT molecular complexity index is 361. The van der Waals surface area contributed by atoms with E-state index in [1.54, 1.807) is 13.0 Å². The molecule has 0 spiro atoms. The van der Waals surface area contributed by atoms with Gasteiger partial charge in [-0.2, -0.15) is 0 Å². The summed E-state index contributed by atoms with van der Waals surface area (Å²) < 4.78 is 5.82. The Balaban J connectivity index is 2.90. The third kappa shape index (κ3) is 2.45. The zero-order chi connectivity index (χ0) is 10.7. The van der Waals surface area contributed by atoms with Gasteiger partial charge < -0.3 is 4.74 Å². The van der Waals surface area contributed by atoms with E-state index < -0.39 is 0 Å². The highest BCUT2D eigenvalue weighted by Gasteiger charge is 2.15. The van der Waals surface area contributed by atoms with Crippen LogP contribution in [0, 0.1) is 13.8 Å². The van der Waals surface area contributed by atoms with Crippen molar-refractivity contribution in [1.82, 2.24) is 0 Å². The number of hydrogen-bond acceptors (Lipinski definition) is 3. The van der Waals surface area contributed by atoms with E-state index in [0.29, 0.717) is 11.4 Å². The zero-order valence-corrected chi connectivity index (χ0v) is 8.57. The number of hydrogen-bond donors (Lipinski definition) is 1. The molecule has 0 saturated heterocycles. The van der Waals surface area contributed by atoms with Crippen molar-refractivity contribution in [3.05, 3.63) is 29.1 Å². The molecule has 0 saturated carbocycles. The summed E-state index contributed by atoms with van der Waals surface area (Å²) in [7, 11) is 0. The van der Waals surface area contributed by atoms with Crippen molar-refractivity contribution < 1.29 is 19.5 Å². The number of nitrogens with zero attached hydrogens (tertiary/aromatic N) is 1. The van der Waals surface area contributed by atoms with E-state index in [1.807, 2.05) is 13.0 Å². The Labute approximate surface area is 82.7 Å². The van der Waals surface area contributed by atoms with Crippen LogP contribution in [0.15, 0.2) is 12.1 Å². The van der Waals surface area contributed by atoms with Gasteiger partial charge in [0, 0.05) is 30.7 Å². The van der Waals surface area contributed by atoms with Crippen LogP contribution in [0.2, 0.25) is 0 Å². The topological polar surface area (TPSA) is 50.4 Å². The maximum Gasteiger partial charge on any atom is 0.303 e. The Hall–Kier alpha value is -1.58. The first-order valence-corrected chi connectivity index (χ1v) is 4.35. The minimum atomic E-state index is -0.357. The molecule has 4 nitrogen and oxygen atoms in total. The van der Waals surface area contributed by atoms with Crippen LogP contribution < -0.4 is 4.73 Å². The normalized spacial score (nSPS) is 9.93. The van der Waals surface area contributed by atoms with Crippen LogP contribution in [-0.4, -0.2) is 11.2 Å². The Morgan fingerprint density at radius 2 is 2.14 bits per heavy atom. The average molecular weight is 196 g/mol. The lowest BCUT2D eigenvalue weighted by Gasteiger charge is -2.01. The highest BCUT2D eigenvalue weighted by Crippen LogP contribution is 2.03. The summed E-state index contributed by atoms with van der Waals surface area (Å²) in [6, 6.07) is 3.62. The van der Waals surface area contributed by atoms with E-state index in [2.05, 4.69) is 0 Å². The SMILES string of the molecule is CC(=O)OCc1cc(C)cc(C)[n+]1O. The van der Waals surface area contributed by atoms with E-state index in [0.717, 1.165) is 10.3 Å². The number of rotatable bonds is 2. The molecule has 0 bridgehead atoms. The van der Waals surface area contributed by atoms with Crippen LogP contribution in [0.3, 0.4) is 0 Å². The first-order valence-electron chi connectivity index (χ1n) is 4.35. The smallest absolute Gasteiger partial charge is 0.303 e. The predicted octanol–water partition coefficient (Wildman–Crippen LogP) is 0.891. The number of aryl methyl sites for hydroxylation is 2. The van der Waals surface area contributed by atoms with Gasteiger partial charge in [-0.3, -0.25) is 10.0 Å². The van der Waals surface area contributed by atoms with Crippen LogP contribution in [0.25, 0.3) is 0 Å². The molecule has 14 heavy (non-hydrogen) atoms. The molecule has 1 aromatic rings. The van der Waals surface area contributed by atoms with Crippen LogP contribution in [-0.2, 0) is 16.1 Å². The van der Waals surface area contributed by atoms with Crippen molar-refractivity contribution in [1.29, 1.82) is 0 Å². The number of ether oxygens (including phenoxy) is 1. The lowest BCUT2D eigenvalue weighted by atomic mass is 10.2. The lowest BCUT2D eigenvalue weighted by Crippen LogP contribution is -2.39. The second-order valence-corrected chi connectivity index (χ2v) is 3.26. The van der Waals surface area contributed by atoms with Gasteiger partial charge in [0.2, 0.25) is 5.69 Å². The first-order chi connectivity index (χ1) is 6.50. The van der Waals surface area contributed by atoms with Crippen molar-refractivity contribution in [2.75, 3.05) is 0 Å². The molecule has 0 amide bonds. The summed E-state index contributed by atoms with van der Waals surface area (Å²) in [5, 5.41) is 9.56. The number of carbonyl (C=O) groups excluding carboxylic acids is 1. The Kier molecular flexibility index (Phi) is 3.06. The number of esters is 1. The quantitative estimate of drug-likeness (QED) is 0.434. The van der Waals surface area contributed by atoms with Gasteiger partial charge >= 0.3 is 5.97 Å². The standard InChI is InChI=1S/C10H14NO3/c1-7-4-8(2)11(13)10(5-7)6-14-9(3)12/h4-5,13H,6H2,1-3H3/q+1. The van der Waals surface area contributed by atoms with Gasteiger partial charge in [0.15, 0.2) is 6.61 Å². The molecule has 0 aliphatic heterocycles. The van der Waals surface area contributed by atoms with Gasteiger partial charge in [-0.05, 0) is 12.5 Å². The third-order valence-electron chi connectivity index (χ3n) is 1.86. The summed E-state index contributed by atoms with van der Waals surface area (Å²) in [6.07, 6.45) is 0. The van der Waals surface area contributed by atoms with Crippen LogP contribution in [0.1, 0.15) is 23.9 Å². The fourth-order valence-electron chi connectivity index (χ4n) is 1.26. The van der Waals surface area contributed by atoms with Gasteiger partial charge in [-0.1, -0.05) is 0 Å². The van der Waals surface area contributed by atoms with Gasteiger partial charge in [0.05, 0.1) is 0 Å². The Morgan fingerprint density at radius 3 is 2.71 bits per heavy atom. The minimum Gasteiger partial charge on any atom is -0.454 e. The van der Waals surface area contributed by atoms with E-state index in [4.69, 9.17) is 4.74 Å². The molecule has 0 atom stereocenters. The molecule has 0 aliphatic rings. The molecule has 0 radical (unpaired) electrons. The van der Waals surface area contributed by atoms with E-state index in [9.17, 15) is 10.0 Å². The molecule has 0 fully saturated rings. The minimum absolute atomic E-state index is 0.0916. The molecule has 1 rings (SSSR count). The molecular formula is C10H14NO3+. The van der Waals surface area contributed by atoms with Crippen LogP contribution in [0.5, 0.6) is 0 Å². The van der Waals surface area contributed by atoms with Gasteiger partial charge in [0.25, 0.3) is 5.69 Å². The molecular weight excluding hydrogens is 182 g/mol. The largest absolute Gasteiger partial charge is 0.454 e. The molecule has 0 aliphatic carbocycles. The molecule has 1 aromatic heterocycles. The highest BCUT2D eigenvalue weighted by molar-refractivity contribution is 5.65. The Morgan fingerprint density at radius 1 is 1.50 bits per heavy atom. The van der Waals surface area contributed by atoms with Crippen molar-refractivity contribution in [3.63, 3.8) is 0 Å². The maximum absolute atomic E-state index is 10.6. The highest BCUT2D eigenvalue weighted by atomic mass is 16.5. The summed E-state index contributed by atoms with van der Waals surface area (Å²) in [5.74, 6) is -0.357. The maximum atomic E-state index is 10.6. The monoisotopic (exact) mass is 196 g/mol. The van der Waals surface area contributed by atoms with E-state index in [-0.39, 0.29) is 12.6 Å². The second kappa shape index (κ2) is 4.09. The molecule has 1 heterocycles. The van der Waals surface area contributed by atoms with Crippen LogP contribution in [0.4, 0.5) is 0 Å². The number of aromatic nitrogens is 1. The van der Waals surface area contributed by atoms with Crippen molar-refractivity contribution >= 4 is 5.97 Å². The van der Waals surface area contributed by atoms with Gasteiger partial charge in [-0.25, -0.2) is 0 Å². The number of carbonyl (C=O) groups is 1. The second-order valence-electron chi connectivity index (χ2n) is 3.26. The fraction of sp³-hybridized carbons (Fsp3) is 0.400. The number of pyridine rings is 1. The summed E-state index contributed by atoms with van der Waals surface area (Å²) >= 11 is 0. The summed E-state index contributed by atoms with van der Waals surface area (Å²) in [5.41, 5.74) is 2.31. The lowest BCUT2D eigenvalue weighted by molar-refractivity contribution is -0.914. The molecule has 4 heteroatoms. The third-order valence-corrected chi connectivity index (χ3v) is 1.86. The fourth-order valence-corrected chi connectivity index (χ4v) is 1.26.